The van der Waals surface area contributed by atoms with E-state index in [-0.39, 0.29) is 5.78 Å². The van der Waals surface area contributed by atoms with Crippen molar-refractivity contribution >= 4 is 28.2 Å². The van der Waals surface area contributed by atoms with Crippen LogP contribution in [0.1, 0.15) is 15.2 Å². The van der Waals surface area contributed by atoms with Crippen LogP contribution < -0.4 is 0 Å². The first-order chi connectivity index (χ1) is 8.36. The second-order valence-electron chi connectivity index (χ2n) is 3.54. The highest BCUT2D eigenvalue weighted by atomic mass is 32.1. The zero-order valence-corrected chi connectivity index (χ0v) is 9.65. The van der Waals surface area contributed by atoms with Crippen LogP contribution in [-0.2, 0) is 0 Å². The molecule has 0 amide bonds. The Morgan fingerprint density at radius 1 is 1.06 bits per heavy atom. The number of para-hydroxylation sites is 1. The lowest BCUT2D eigenvalue weighted by Crippen LogP contribution is -2.01. The van der Waals surface area contributed by atoms with E-state index >= 15 is 0 Å². The van der Waals surface area contributed by atoms with Gasteiger partial charge in [-0.25, -0.2) is 0 Å². The Morgan fingerprint density at radius 3 is 2.76 bits per heavy atom. The molecule has 0 aliphatic carbocycles. The number of hydrogen-bond donors (Lipinski definition) is 0. The molecule has 0 bridgehead atoms. The fraction of sp³-hybridized carbons (Fsp3) is 0. The van der Waals surface area contributed by atoms with E-state index in [4.69, 9.17) is 0 Å². The van der Waals surface area contributed by atoms with Gasteiger partial charge in [0, 0.05) is 12.4 Å². The summed E-state index contributed by atoms with van der Waals surface area (Å²) in [7, 11) is 0. The molecule has 0 fully saturated rings. The van der Waals surface area contributed by atoms with E-state index in [0.29, 0.717) is 11.1 Å². The highest BCUT2D eigenvalue weighted by molar-refractivity contribution is 7.12. The average molecular weight is 240 g/mol. The zero-order chi connectivity index (χ0) is 11.7. The molecule has 1 aromatic carbocycles. The standard InChI is InChI=1S/C13H8N2OS/c16-13(11-5-2-8-17-11)9-3-1-4-10-12(9)15-7-6-14-10/h1-8H. The van der Waals surface area contributed by atoms with Crippen LogP contribution in [0.3, 0.4) is 0 Å². The summed E-state index contributed by atoms with van der Waals surface area (Å²) in [5, 5.41) is 1.89. The first kappa shape index (κ1) is 10.1. The molecule has 82 valence electrons. The van der Waals surface area contributed by atoms with E-state index in [0.717, 1.165) is 10.4 Å². The van der Waals surface area contributed by atoms with Crippen LogP contribution in [0.5, 0.6) is 0 Å². The van der Waals surface area contributed by atoms with Crippen LogP contribution in [0, 0.1) is 0 Å². The minimum atomic E-state index is 0.00565. The number of rotatable bonds is 2. The molecule has 0 spiro atoms. The quantitative estimate of drug-likeness (QED) is 0.647. The predicted molar refractivity (Wildman–Crippen MR) is 67.3 cm³/mol. The number of fused-ring (bicyclic) bond motifs is 1. The van der Waals surface area contributed by atoms with Gasteiger partial charge in [0.2, 0.25) is 5.78 Å². The van der Waals surface area contributed by atoms with Gasteiger partial charge in [-0.3, -0.25) is 14.8 Å². The predicted octanol–water partition coefficient (Wildman–Crippen LogP) is 2.92. The van der Waals surface area contributed by atoms with Gasteiger partial charge in [0.25, 0.3) is 0 Å². The van der Waals surface area contributed by atoms with E-state index in [9.17, 15) is 4.79 Å². The number of nitrogens with zero attached hydrogens (tertiary/aromatic N) is 2. The van der Waals surface area contributed by atoms with Crippen molar-refractivity contribution in [3.05, 3.63) is 58.5 Å². The van der Waals surface area contributed by atoms with Crippen molar-refractivity contribution in [2.75, 3.05) is 0 Å². The summed E-state index contributed by atoms with van der Waals surface area (Å²) < 4.78 is 0. The molecule has 17 heavy (non-hydrogen) atoms. The van der Waals surface area contributed by atoms with Crippen LogP contribution in [0.4, 0.5) is 0 Å². The van der Waals surface area contributed by atoms with Gasteiger partial charge in [-0.05, 0) is 23.6 Å². The molecule has 3 nitrogen and oxygen atoms in total. The largest absolute Gasteiger partial charge is 0.288 e. The van der Waals surface area contributed by atoms with Crippen molar-refractivity contribution in [1.82, 2.24) is 9.97 Å². The topological polar surface area (TPSA) is 42.9 Å². The lowest BCUT2D eigenvalue weighted by atomic mass is 10.1. The first-order valence-electron chi connectivity index (χ1n) is 5.14. The third-order valence-corrected chi connectivity index (χ3v) is 3.36. The highest BCUT2D eigenvalue weighted by Gasteiger charge is 2.14. The van der Waals surface area contributed by atoms with E-state index < -0.39 is 0 Å². The normalized spacial score (nSPS) is 10.6. The summed E-state index contributed by atoms with van der Waals surface area (Å²) in [5.74, 6) is 0.00565. The van der Waals surface area contributed by atoms with Gasteiger partial charge in [0.15, 0.2) is 0 Å². The second kappa shape index (κ2) is 4.07. The SMILES string of the molecule is O=C(c1cccs1)c1cccc2nccnc12. The zero-order valence-electron chi connectivity index (χ0n) is 8.83. The minimum Gasteiger partial charge on any atom is -0.288 e. The molecular formula is C13H8N2OS. The minimum absolute atomic E-state index is 0.00565. The molecule has 0 saturated heterocycles. The number of aromatic nitrogens is 2. The van der Waals surface area contributed by atoms with Gasteiger partial charge >= 0.3 is 0 Å². The van der Waals surface area contributed by atoms with Gasteiger partial charge in [0.05, 0.1) is 21.5 Å². The Hall–Kier alpha value is -2.07. The van der Waals surface area contributed by atoms with E-state index in [2.05, 4.69) is 9.97 Å². The maximum Gasteiger partial charge on any atom is 0.205 e. The van der Waals surface area contributed by atoms with E-state index in [1.807, 2.05) is 29.6 Å². The number of thiophene rings is 1. The van der Waals surface area contributed by atoms with Crippen LogP contribution in [-0.4, -0.2) is 15.8 Å². The van der Waals surface area contributed by atoms with Gasteiger partial charge in [-0.2, -0.15) is 0 Å². The maximum absolute atomic E-state index is 12.3. The molecule has 0 aliphatic heterocycles. The van der Waals surface area contributed by atoms with Gasteiger partial charge in [-0.1, -0.05) is 12.1 Å². The molecule has 0 unspecified atom stereocenters. The summed E-state index contributed by atoms with van der Waals surface area (Å²) in [6, 6.07) is 9.17. The molecule has 3 aromatic rings. The Morgan fingerprint density at radius 2 is 1.94 bits per heavy atom. The number of carbonyl (C=O) groups is 1. The van der Waals surface area contributed by atoms with Crippen molar-refractivity contribution < 1.29 is 4.79 Å². The summed E-state index contributed by atoms with van der Waals surface area (Å²) in [4.78, 5) is 21.4. The van der Waals surface area contributed by atoms with Crippen LogP contribution in [0.2, 0.25) is 0 Å². The molecule has 0 N–H and O–H groups in total. The van der Waals surface area contributed by atoms with Gasteiger partial charge in [-0.15, -0.1) is 11.3 Å². The average Bonchev–Trinajstić information content (AvgIpc) is 2.91. The third kappa shape index (κ3) is 1.72. The monoisotopic (exact) mass is 240 g/mol. The Kier molecular flexibility index (Phi) is 2.42. The highest BCUT2D eigenvalue weighted by Crippen LogP contribution is 2.20. The van der Waals surface area contributed by atoms with Gasteiger partial charge in [0.1, 0.15) is 0 Å². The van der Waals surface area contributed by atoms with Crippen molar-refractivity contribution in [3.8, 4) is 0 Å². The smallest absolute Gasteiger partial charge is 0.205 e. The molecule has 0 atom stereocenters. The molecular weight excluding hydrogens is 232 g/mol. The van der Waals surface area contributed by atoms with Crippen molar-refractivity contribution in [3.63, 3.8) is 0 Å². The van der Waals surface area contributed by atoms with Crippen molar-refractivity contribution in [2.24, 2.45) is 0 Å². The number of benzene rings is 1. The number of carbonyl (C=O) groups excluding carboxylic acids is 1. The fourth-order valence-corrected chi connectivity index (χ4v) is 2.39. The fourth-order valence-electron chi connectivity index (χ4n) is 1.72. The van der Waals surface area contributed by atoms with Crippen LogP contribution in [0.25, 0.3) is 11.0 Å². The summed E-state index contributed by atoms with van der Waals surface area (Å²) in [6.07, 6.45) is 3.23. The lowest BCUT2D eigenvalue weighted by molar-refractivity contribution is 0.104. The molecule has 0 aliphatic rings. The van der Waals surface area contributed by atoms with Gasteiger partial charge < -0.3 is 0 Å². The van der Waals surface area contributed by atoms with Crippen molar-refractivity contribution in [2.45, 2.75) is 0 Å². The second-order valence-corrected chi connectivity index (χ2v) is 4.48. The molecule has 3 rings (SSSR count). The molecule has 2 heterocycles. The summed E-state index contributed by atoms with van der Waals surface area (Å²) >= 11 is 1.44. The molecule has 2 aromatic heterocycles. The third-order valence-electron chi connectivity index (χ3n) is 2.49. The first-order valence-corrected chi connectivity index (χ1v) is 6.02. The number of hydrogen-bond acceptors (Lipinski definition) is 4. The van der Waals surface area contributed by atoms with Crippen LogP contribution in [0.15, 0.2) is 48.1 Å². The Bertz CT molecular complexity index is 671. The Labute approximate surface area is 102 Å². The van der Waals surface area contributed by atoms with E-state index in [1.54, 1.807) is 18.5 Å². The lowest BCUT2D eigenvalue weighted by Gasteiger charge is -2.02. The van der Waals surface area contributed by atoms with Crippen molar-refractivity contribution in [1.29, 1.82) is 0 Å². The molecule has 0 radical (unpaired) electrons. The van der Waals surface area contributed by atoms with E-state index in [1.165, 1.54) is 11.3 Å². The summed E-state index contributed by atoms with van der Waals surface area (Å²) in [6.45, 7) is 0. The summed E-state index contributed by atoms with van der Waals surface area (Å²) in [5.41, 5.74) is 2.02. The Balaban J connectivity index is 2.21. The van der Waals surface area contributed by atoms with Crippen LogP contribution >= 0.6 is 11.3 Å². The number of ketones is 1. The molecule has 0 saturated carbocycles. The maximum atomic E-state index is 12.3. The molecule has 4 heteroatoms.